The first-order chi connectivity index (χ1) is 11.7. The molecule has 1 fully saturated rings. The molecule has 2 aliphatic carbocycles. The molecule has 0 aromatic heterocycles. The highest BCUT2D eigenvalue weighted by Crippen LogP contribution is 2.64. The van der Waals surface area contributed by atoms with Crippen LogP contribution in [0.3, 0.4) is 0 Å². The molecule has 0 saturated heterocycles. The predicted octanol–water partition coefficient (Wildman–Crippen LogP) is 5.80. The summed E-state index contributed by atoms with van der Waals surface area (Å²) in [6.45, 7) is 14.2. The Morgan fingerprint density at radius 2 is 2.00 bits per heavy atom. The summed E-state index contributed by atoms with van der Waals surface area (Å²) in [7, 11) is 0. The number of allylic oxidation sites excluding steroid dienone is 5. The third kappa shape index (κ3) is 2.88. The number of rotatable bonds is 5. The first-order valence-corrected chi connectivity index (χ1v) is 9.06. The van der Waals surface area contributed by atoms with Crippen LogP contribution in [0.15, 0.2) is 48.6 Å². The number of ether oxygens (including phenoxy) is 1. The minimum absolute atomic E-state index is 0.0475. The zero-order chi connectivity index (χ0) is 18.4. The van der Waals surface area contributed by atoms with Crippen molar-refractivity contribution in [2.45, 2.75) is 53.6 Å². The summed E-state index contributed by atoms with van der Waals surface area (Å²) in [6, 6.07) is 6.37. The Kier molecular flexibility index (Phi) is 4.26. The van der Waals surface area contributed by atoms with Gasteiger partial charge in [0, 0.05) is 0 Å². The standard InChI is InChI=1S/C23H28O2/c1-7-9-17-13-18-12-16(10-11-20(18)19(17)8-2)15(3)25-21(24)23(6)14-22(23,4)5/h7-12,15H,2,13-14H2,1,3-6H3/b9-7-. The fourth-order valence-corrected chi connectivity index (χ4v) is 3.89. The van der Waals surface area contributed by atoms with E-state index in [1.807, 2.05) is 26.8 Å². The van der Waals surface area contributed by atoms with E-state index in [1.165, 1.54) is 22.3 Å². The first kappa shape index (κ1) is 17.7. The number of hydrogen-bond acceptors (Lipinski definition) is 2. The Morgan fingerprint density at radius 3 is 2.56 bits per heavy atom. The van der Waals surface area contributed by atoms with E-state index in [-0.39, 0.29) is 22.9 Å². The molecule has 0 aliphatic heterocycles. The van der Waals surface area contributed by atoms with E-state index in [0.29, 0.717) is 0 Å². The molecule has 25 heavy (non-hydrogen) atoms. The largest absolute Gasteiger partial charge is 0.457 e. The maximum Gasteiger partial charge on any atom is 0.312 e. The van der Waals surface area contributed by atoms with Crippen molar-refractivity contribution in [3.05, 3.63) is 65.3 Å². The number of hydrogen-bond donors (Lipinski definition) is 0. The molecule has 0 radical (unpaired) electrons. The molecular formula is C23H28O2. The molecule has 0 N–H and O–H groups in total. The van der Waals surface area contributed by atoms with Gasteiger partial charge in [0.15, 0.2) is 0 Å². The Hall–Kier alpha value is -2.09. The lowest BCUT2D eigenvalue weighted by Crippen LogP contribution is -2.22. The third-order valence-corrected chi connectivity index (χ3v) is 6.09. The molecule has 2 unspecified atom stereocenters. The van der Waals surface area contributed by atoms with E-state index in [0.717, 1.165) is 18.4 Å². The number of fused-ring (bicyclic) bond motifs is 1. The fourth-order valence-electron chi connectivity index (χ4n) is 3.89. The lowest BCUT2D eigenvalue weighted by molar-refractivity contribution is -0.156. The van der Waals surface area contributed by atoms with Crippen LogP contribution in [0.2, 0.25) is 0 Å². The van der Waals surface area contributed by atoms with Gasteiger partial charge < -0.3 is 4.74 Å². The quantitative estimate of drug-likeness (QED) is 0.635. The molecule has 3 rings (SSSR count). The predicted molar refractivity (Wildman–Crippen MR) is 103 cm³/mol. The van der Waals surface area contributed by atoms with Gasteiger partial charge in [0.1, 0.15) is 6.10 Å². The van der Waals surface area contributed by atoms with Crippen LogP contribution >= 0.6 is 0 Å². The van der Waals surface area contributed by atoms with Crippen molar-refractivity contribution in [3.8, 4) is 0 Å². The van der Waals surface area contributed by atoms with Gasteiger partial charge in [0.05, 0.1) is 5.41 Å². The molecule has 0 amide bonds. The van der Waals surface area contributed by atoms with Crippen LogP contribution in [0.25, 0.3) is 5.57 Å². The summed E-state index contributed by atoms with van der Waals surface area (Å²) < 4.78 is 5.80. The fraction of sp³-hybridized carbons (Fsp3) is 0.435. The summed E-state index contributed by atoms with van der Waals surface area (Å²) >= 11 is 0. The zero-order valence-electron chi connectivity index (χ0n) is 16.0. The normalized spacial score (nSPS) is 25.0. The lowest BCUT2D eigenvalue weighted by atomic mass is 9.98. The highest BCUT2D eigenvalue weighted by molar-refractivity contribution is 5.84. The summed E-state index contributed by atoms with van der Waals surface area (Å²) in [5.41, 5.74) is 5.78. The summed E-state index contributed by atoms with van der Waals surface area (Å²) in [6.07, 6.45) is 7.71. The molecule has 0 heterocycles. The molecule has 0 spiro atoms. The molecule has 0 bridgehead atoms. The summed E-state index contributed by atoms with van der Waals surface area (Å²) in [4.78, 5) is 12.5. The number of carbonyl (C=O) groups is 1. The second-order valence-corrected chi connectivity index (χ2v) is 8.18. The average molecular weight is 336 g/mol. The molecule has 132 valence electrons. The van der Waals surface area contributed by atoms with E-state index < -0.39 is 0 Å². The topological polar surface area (TPSA) is 26.3 Å². The van der Waals surface area contributed by atoms with Crippen molar-refractivity contribution in [3.63, 3.8) is 0 Å². The Balaban J connectivity index is 1.78. The molecule has 2 atom stereocenters. The first-order valence-electron chi connectivity index (χ1n) is 9.06. The van der Waals surface area contributed by atoms with Crippen molar-refractivity contribution in [2.24, 2.45) is 10.8 Å². The maximum atomic E-state index is 12.5. The van der Waals surface area contributed by atoms with Crippen LogP contribution in [0, 0.1) is 10.8 Å². The molecule has 1 saturated carbocycles. The minimum atomic E-state index is -0.339. The molecule has 2 aliphatic rings. The zero-order valence-corrected chi connectivity index (χ0v) is 16.0. The smallest absolute Gasteiger partial charge is 0.312 e. The van der Waals surface area contributed by atoms with E-state index >= 15 is 0 Å². The van der Waals surface area contributed by atoms with Crippen LogP contribution in [0.5, 0.6) is 0 Å². The van der Waals surface area contributed by atoms with E-state index in [2.05, 4.69) is 50.8 Å². The number of carbonyl (C=O) groups excluding carboxylic acids is 1. The van der Waals surface area contributed by atoms with Gasteiger partial charge >= 0.3 is 5.97 Å². The van der Waals surface area contributed by atoms with Crippen LogP contribution in [0.1, 0.15) is 63.8 Å². The van der Waals surface area contributed by atoms with E-state index in [9.17, 15) is 4.79 Å². The van der Waals surface area contributed by atoms with Gasteiger partial charge in [-0.1, -0.05) is 56.9 Å². The average Bonchev–Trinajstić information content (AvgIpc) is 2.91. The van der Waals surface area contributed by atoms with Crippen LogP contribution in [-0.4, -0.2) is 5.97 Å². The maximum absolute atomic E-state index is 12.5. The second kappa shape index (κ2) is 6.01. The SMILES string of the molecule is C=CC1=C(/C=C\C)Cc2cc(C(C)OC(=O)C3(C)CC3(C)C)ccc21. The van der Waals surface area contributed by atoms with Gasteiger partial charge in [-0.2, -0.15) is 0 Å². The summed E-state index contributed by atoms with van der Waals surface area (Å²) in [5.74, 6) is -0.0787. The van der Waals surface area contributed by atoms with Gasteiger partial charge in [-0.25, -0.2) is 0 Å². The van der Waals surface area contributed by atoms with E-state index in [1.54, 1.807) is 0 Å². The van der Waals surface area contributed by atoms with E-state index in [4.69, 9.17) is 4.74 Å². The molecular weight excluding hydrogens is 308 g/mol. The Labute approximate surface area is 151 Å². The molecule has 1 aromatic carbocycles. The van der Waals surface area contributed by atoms with Crippen LogP contribution in [0.4, 0.5) is 0 Å². The highest BCUT2D eigenvalue weighted by atomic mass is 16.5. The van der Waals surface area contributed by atoms with Crippen molar-refractivity contribution >= 4 is 11.5 Å². The van der Waals surface area contributed by atoms with Gasteiger partial charge in [0.25, 0.3) is 0 Å². The molecule has 2 nitrogen and oxygen atoms in total. The van der Waals surface area contributed by atoms with Crippen molar-refractivity contribution in [1.29, 1.82) is 0 Å². The molecule has 1 aromatic rings. The summed E-state index contributed by atoms with van der Waals surface area (Å²) in [5, 5.41) is 0. The van der Waals surface area contributed by atoms with Crippen LogP contribution in [-0.2, 0) is 16.0 Å². The van der Waals surface area contributed by atoms with Crippen LogP contribution < -0.4 is 0 Å². The van der Waals surface area contributed by atoms with Gasteiger partial charge in [-0.05, 0) is 66.9 Å². The monoisotopic (exact) mass is 336 g/mol. The Morgan fingerprint density at radius 1 is 1.32 bits per heavy atom. The van der Waals surface area contributed by atoms with Gasteiger partial charge in [-0.15, -0.1) is 0 Å². The van der Waals surface area contributed by atoms with Crippen molar-refractivity contribution in [1.82, 2.24) is 0 Å². The van der Waals surface area contributed by atoms with Gasteiger partial charge in [-0.3, -0.25) is 4.79 Å². The number of esters is 1. The second-order valence-electron chi connectivity index (χ2n) is 8.18. The minimum Gasteiger partial charge on any atom is -0.457 e. The Bertz CT molecular complexity index is 794. The lowest BCUT2D eigenvalue weighted by Gasteiger charge is -2.19. The number of benzene rings is 1. The van der Waals surface area contributed by atoms with Crippen molar-refractivity contribution < 1.29 is 9.53 Å². The molecule has 2 heteroatoms. The third-order valence-electron chi connectivity index (χ3n) is 6.09. The highest BCUT2D eigenvalue weighted by Gasteiger charge is 2.64. The van der Waals surface area contributed by atoms with Crippen molar-refractivity contribution in [2.75, 3.05) is 0 Å². The van der Waals surface area contributed by atoms with Gasteiger partial charge in [0.2, 0.25) is 0 Å².